The summed E-state index contributed by atoms with van der Waals surface area (Å²) in [6, 6.07) is 18.6. The standard InChI is InChI=1S/C21H26N4O.HI/c1-16(17-8-4-3-5-9-17)24-21(22-2)23-14-20(26)25-13-12-18-10-6-7-11-19(18)15-25;/h3-11,16H,12-15H2,1-2H3,(H2,22,23,24);1H. The zero-order valence-corrected chi connectivity index (χ0v) is 18.1. The Labute approximate surface area is 178 Å². The smallest absolute Gasteiger partial charge is 0.242 e. The molecule has 0 radical (unpaired) electrons. The fraction of sp³-hybridized carbons (Fsp3) is 0.333. The van der Waals surface area contributed by atoms with Crippen LogP contribution in [0.1, 0.15) is 29.7 Å². The van der Waals surface area contributed by atoms with Gasteiger partial charge < -0.3 is 15.5 Å². The van der Waals surface area contributed by atoms with Crippen LogP contribution in [-0.4, -0.2) is 36.9 Å². The monoisotopic (exact) mass is 478 g/mol. The molecule has 0 aromatic heterocycles. The number of halogens is 1. The number of fused-ring (bicyclic) bond motifs is 1. The minimum Gasteiger partial charge on any atom is -0.350 e. The van der Waals surface area contributed by atoms with E-state index >= 15 is 0 Å². The van der Waals surface area contributed by atoms with E-state index in [1.165, 1.54) is 16.7 Å². The maximum atomic E-state index is 12.6. The predicted octanol–water partition coefficient (Wildman–Crippen LogP) is 3.12. The Bertz CT molecular complexity index is 779. The average Bonchev–Trinajstić information content (AvgIpc) is 2.70. The van der Waals surface area contributed by atoms with E-state index in [4.69, 9.17) is 0 Å². The second-order valence-corrected chi connectivity index (χ2v) is 6.54. The van der Waals surface area contributed by atoms with Gasteiger partial charge in [0.2, 0.25) is 5.91 Å². The fourth-order valence-electron chi connectivity index (χ4n) is 3.20. The number of guanidine groups is 1. The van der Waals surface area contributed by atoms with Gasteiger partial charge in [0, 0.05) is 20.1 Å². The van der Waals surface area contributed by atoms with Crippen LogP contribution in [0.2, 0.25) is 0 Å². The average molecular weight is 478 g/mol. The van der Waals surface area contributed by atoms with Crippen LogP contribution in [0.4, 0.5) is 0 Å². The Hall–Kier alpha value is -2.09. The van der Waals surface area contributed by atoms with Gasteiger partial charge >= 0.3 is 0 Å². The van der Waals surface area contributed by atoms with Crippen molar-refractivity contribution in [1.82, 2.24) is 15.5 Å². The first-order valence-electron chi connectivity index (χ1n) is 9.04. The van der Waals surface area contributed by atoms with Gasteiger partial charge in [0.25, 0.3) is 0 Å². The third-order valence-corrected chi connectivity index (χ3v) is 4.77. The highest BCUT2D eigenvalue weighted by molar-refractivity contribution is 14.0. The number of carbonyl (C=O) groups is 1. The van der Waals surface area contributed by atoms with Crippen LogP contribution >= 0.6 is 24.0 Å². The van der Waals surface area contributed by atoms with Gasteiger partial charge in [-0.3, -0.25) is 9.79 Å². The summed E-state index contributed by atoms with van der Waals surface area (Å²) in [6.45, 7) is 3.77. The van der Waals surface area contributed by atoms with Crippen molar-refractivity contribution < 1.29 is 4.79 Å². The van der Waals surface area contributed by atoms with Crippen molar-refractivity contribution in [3.05, 3.63) is 71.3 Å². The molecule has 2 N–H and O–H groups in total. The summed E-state index contributed by atoms with van der Waals surface area (Å²) in [5, 5.41) is 6.46. The Morgan fingerprint density at radius 2 is 1.78 bits per heavy atom. The lowest BCUT2D eigenvalue weighted by molar-refractivity contribution is -0.130. The predicted molar refractivity (Wildman–Crippen MR) is 120 cm³/mol. The molecule has 0 bridgehead atoms. The quantitative estimate of drug-likeness (QED) is 0.404. The Balaban J connectivity index is 0.00000261. The summed E-state index contributed by atoms with van der Waals surface area (Å²) in [5.41, 5.74) is 3.76. The molecule has 1 unspecified atom stereocenters. The van der Waals surface area contributed by atoms with Gasteiger partial charge in [-0.2, -0.15) is 0 Å². The lowest BCUT2D eigenvalue weighted by Gasteiger charge is -2.29. The highest BCUT2D eigenvalue weighted by Crippen LogP contribution is 2.18. The molecule has 1 heterocycles. The summed E-state index contributed by atoms with van der Waals surface area (Å²) < 4.78 is 0. The van der Waals surface area contributed by atoms with Crippen LogP contribution in [0.25, 0.3) is 0 Å². The van der Waals surface area contributed by atoms with Gasteiger partial charge in [0.1, 0.15) is 0 Å². The number of amides is 1. The van der Waals surface area contributed by atoms with Crippen molar-refractivity contribution in [3.63, 3.8) is 0 Å². The molecule has 6 heteroatoms. The number of nitrogens with one attached hydrogen (secondary N) is 2. The molecule has 2 aromatic rings. The van der Waals surface area contributed by atoms with Crippen molar-refractivity contribution >= 4 is 35.8 Å². The van der Waals surface area contributed by atoms with Gasteiger partial charge in [-0.25, -0.2) is 0 Å². The van der Waals surface area contributed by atoms with Crippen LogP contribution in [-0.2, 0) is 17.8 Å². The van der Waals surface area contributed by atoms with Crippen LogP contribution < -0.4 is 10.6 Å². The minimum absolute atomic E-state index is 0. The summed E-state index contributed by atoms with van der Waals surface area (Å²) in [6.07, 6.45) is 0.917. The molecule has 0 aliphatic carbocycles. The van der Waals surface area contributed by atoms with Crippen LogP contribution in [0, 0.1) is 0 Å². The first-order valence-corrected chi connectivity index (χ1v) is 9.04. The van der Waals surface area contributed by atoms with Crippen molar-refractivity contribution in [2.45, 2.75) is 25.9 Å². The fourth-order valence-corrected chi connectivity index (χ4v) is 3.20. The molecule has 0 saturated heterocycles. The summed E-state index contributed by atoms with van der Waals surface area (Å²) >= 11 is 0. The number of aliphatic imine (C=N–C) groups is 1. The molecule has 1 atom stereocenters. The largest absolute Gasteiger partial charge is 0.350 e. The molecule has 27 heavy (non-hydrogen) atoms. The van der Waals surface area contributed by atoms with Gasteiger partial charge in [-0.1, -0.05) is 54.6 Å². The van der Waals surface area contributed by atoms with E-state index in [0.717, 1.165) is 13.0 Å². The summed E-state index contributed by atoms with van der Waals surface area (Å²) in [7, 11) is 1.72. The van der Waals surface area contributed by atoms with Crippen molar-refractivity contribution in [2.75, 3.05) is 20.1 Å². The van der Waals surface area contributed by atoms with Crippen molar-refractivity contribution in [2.24, 2.45) is 4.99 Å². The first kappa shape index (κ1) is 21.2. The normalized spacial score (nSPS) is 14.6. The van der Waals surface area contributed by atoms with Crippen LogP contribution in [0.5, 0.6) is 0 Å². The number of nitrogens with zero attached hydrogens (tertiary/aromatic N) is 2. The van der Waals surface area contributed by atoms with Gasteiger partial charge in [0.05, 0.1) is 12.6 Å². The molecular formula is C21H27IN4O. The Kier molecular flexibility index (Phi) is 8.09. The van der Waals surface area contributed by atoms with E-state index in [0.29, 0.717) is 12.5 Å². The van der Waals surface area contributed by atoms with E-state index in [-0.39, 0.29) is 42.5 Å². The van der Waals surface area contributed by atoms with E-state index < -0.39 is 0 Å². The second-order valence-electron chi connectivity index (χ2n) is 6.54. The third kappa shape index (κ3) is 5.69. The topological polar surface area (TPSA) is 56.7 Å². The molecule has 3 rings (SSSR count). The maximum Gasteiger partial charge on any atom is 0.242 e. The zero-order valence-electron chi connectivity index (χ0n) is 15.8. The first-order chi connectivity index (χ1) is 12.7. The molecule has 0 saturated carbocycles. The molecule has 2 aromatic carbocycles. The molecule has 5 nitrogen and oxygen atoms in total. The highest BCUT2D eigenvalue weighted by atomic mass is 127. The number of hydrogen-bond donors (Lipinski definition) is 2. The molecule has 1 amide bonds. The third-order valence-electron chi connectivity index (χ3n) is 4.77. The number of carbonyl (C=O) groups excluding carboxylic acids is 1. The molecular weight excluding hydrogens is 451 g/mol. The lowest BCUT2D eigenvalue weighted by Crippen LogP contribution is -2.46. The van der Waals surface area contributed by atoms with Gasteiger partial charge in [-0.15, -0.1) is 24.0 Å². The van der Waals surface area contributed by atoms with E-state index in [1.807, 2.05) is 29.2 Å². The van der Waals surface area contributed by atoms with E-state index in [1.54, 1.807) is 7.05 Å². The Morgan fingerprint density at radius 1 is 1.11 bits per heavy atom. The van der Waals surface area contributed by atoms with Crippen LogP contribution in [0.15, 0.2) is 59.6 Å². The Morgan fingerprint density at radius 3 is 2.48 bits per heavy atom. The molecule has 1 aliphatic rings. The number of hydrogen-bond acceptors (Lipinski definition) is 2. The van der Waals surface area contributed by atoms with Crippen LogP contribution in [0.3, 0.4) is 0 Å². The van der Waals surface area contributed by atoms with Crippen molar-refractivity contribution in [3.8, 4) is 0 Å². The molecule has 144 valence electrons. The lowest BCUT2D eigenvalue weighted by atomic mass is 10.00. The van der Waals surface area contributed by atoms with E-state index in [2.05, 4.69) is 52.9 Å². The summed E-state index contributed by atoms with van der Waals surface area (Å²) in [4.78, 5) is 18.7. The molecule has 0 fully saturated rings. The second kappa shape index (κ2) is 10.3. The van der Waals surface area contributed by atoms with Gasteiger partial charge in [0.15, 0.2) is 5.96 Å². The van der Waals surface area contributed by atoms with Crippen molar-refractivity contribution in [1.29, 1.82) is 0 Å². The number of rotatable bonds is 4. The zero-order chi connectivity index (χ0) is 18.4. The molecule has 1 aliphatic heterocycles. The summed E-state index contributed by atoms with van der Waals surface area (Å²) in [5.74, 6) is 0.724. The minimum atomic E-state index is 0. The SMILES string of the molecule is CN=C(NCC(=O)N1CCc2ccccc2C1)NC(C)c1ccccc1.I. The number of benzene rings is 2. The van der Waals surface area contributed by atoms with Gasteiger partial charge in [-0.05, 0) is 30.0 Å². The highest BCUT2D eigenvalue weighted by Gasteiger charge is 2.20. The van der Waals surface area contributed by atoms with E-state index in [9.17, 15) is 4.79 Å². The molecule has 0 spiro atoms. The maximum absolute atomic E-state index is 12.6.